The second kappa shape index (κ2) is 4.46. The molecule has 0 aliphatic carbocycles. The van der Waals surface area contributed by atoms with Gasteiger partial charge in [-0.2, -0.15) is 0 Å². The third-order valence-corrected chi connectivity index (χ3v) is 1.95. The van der Waals surface area contributed by atoms with Crippen molar-refractivity contribution in [2.45, 2.75) is 33.0 Å². The monoisotopic (exact) mass is 187 g/mol. The predicted octanol–water partition coefficient (Wildman–Crippen LogP) is 1.25. The lowest BCUT2D eigenvalue weighted by molar-refractivity contribution is -0.0634. The summed E-state index contributed by atoms with van der Waals surface area (Å²) in [7, 11) is 0. The van der Waals surface area contributed by atoms with E-state index in [4.69, 9.17) is 9.47 Å². The van der Waals surface area contributed by atoms with Gasteiger partial charge in [-0.3, -0.25) is 0 Å². The van der Waals surface area contributed by atoms with Crippen molar-refractivity contribution in [3.63, 3.8) is 0 Å². The first-order valence-corrected chi connectivity index (χ1v) is 4.70. The van der Waals surface area contributed by atoms with Crippen molar-refractivity contribution in [1.29, 1.82) is 0 Å². The molecule has 13 heavy (non-hydrogen) atoms. The van der Waals surface area contributed by atoms with Gasteiger partial charge in [0, 0.05) is 0 Å². The molecule has 1 amide bonds. The number of ether oxygens (including phenoxy) is 2. The van der Waals surface area contributed by atoms with Crippen molar-refractivity contribution < 1.29 is 14.3 Å². The van der Waals surface area contributed by atoms with Gasteiger partial charge in [0.05, 0.1) is 31.9 Å². The molecule has 1 fully saturated rings. The summed E-state index contributed by atoms with van der Waals surface area (Å²) in [6, 6.07) is 0. The summed E-state index contributed by atoms with van der Waals surface area (Å²) in [5.41, 5.74) is 0. The number of hydrogen-bond acceptors (Lipinski definition) is 3. The fraction of sp³-hybridized carbons (Fsp3) is 0.889. The van der Waals surface area contributed by atoms with E-state index < -0.39 is 0 Å². The van der Waals surface area contributed by atoms with Crippen LogP contribution in [-0.4, -0.2) is 42.9 Å². The highest BCUT2D eigenvalue weighted by Gasteiger charge is 2.26. The quantitative estimate of drug-likeness (QED) is 0.620. The lowest BCUT2D eigenvalue weighted by Gasteiger charge is -2.34. The topological polar surface area (TPSA) is 38.8 Å². The van der Waals surface area contributed by atoms with Gasteiger partial charge in [0.15, 0.2) is 0 Å². The first kappa shape index (κ1) is 10.3. The number of amides is 1. The van der Waals surface area contributed by atoms with Crippen molar-refractivity contribution in [2.24, 2.45) is 0 Å². The van der Waals surface area contributed by atoms with Crippen molar-refractivity contribution >= 4 is 6.09 Å². The first-order valence-electron chi connectivity index (χ1n) is 4.70. The Morgan fingerprint density at radius 1 is 1.46 bits per heavy atom. The molecule has 4 nitrogen and oxygen atoms in total. The van der Waals surface area contributed by atoms with Crippen LogP contribution in [0.1, 0.15) is 20.8 Å². The Balaban J connectivity index is 2.45. The largest absolute Gasteiger partial charge is 0.450 e. The lowest BCUT2D eigenvalue weighted by atomic mass is 10.2. The Labute approximate surface area is 78.8 Å². The number of morpholine rings is 1. The molecule has 1 saturated heterocycles. The Morgan fingerprint density at radius 2 is 2.00 bits per heavy atom. The molecule has 0 aromatic carbocycles. The maximum Gasteiger partial charge on any atom is 0.409 e. The molecule has 1 aliphatic heterocycles. The highest BCUT2D eigenvalue weighted by atomic mass is 16.6. The van der Waals surface area contributed by atoms with Crippen LogP contribution in [-0.2, 0) is 9.47 Å². The minimum Gasteiger partial charge on any atom is -0.450 e. The smallest absolute Gasteiger partial charge is 0.409 e. The third-order valence-electron chi connectivity index (χ3n) is 1.95. The van der Waals surface area contributed by atoms with Crippen LogP contribution in [0.25, 0.3) is 0 Å². The molecule has 0 bridgehead atoms. The second-order valence-corrected chi connectivity index (χ2v) is 3.36. The van der Waals surface area contributed by atoms with E-state index in [2.05, 4.69) is 0 Å². The van der Waals surface area contributed by atoms with Gasteiger partial charge >= 0.3 is 6.09 Å². The van der Waals surface area contributed by atoms with Crippen LogP contribution < -0.4 is 0 Å². The number of carbonyl (C=O) groups excluding carboxylic acids is 1. The number of carbonyl (C=O) groups is 1. The lowest BCUT2D eigenvalue weighted by Crippen LogP contribution is -2.48. The third kappa shape index (κ3) is 2.88. The maximum absolute atomic E-state index is 11.3. The zero-order valence-electron chi connectivity index (χ0n) is 8.45. The molecule has 0 spiro atoms. The molecule has 4 heteroatoms. The Hall–Kier alpha value is -0.770. The van der Waals surface area contributed by atoms with Gasteiger partial charge in [0.25, 0.3) is 0 Å². The minimum atomic E-state index is -0.232. The predicted molar refractivity (Wildman–Crippen MR) is 48.6 cm³/mol. The Kier molecular flexibility index (Phi) is 3.54. The van der Waals surface area contributed by atoms with E-state index in [-0.39, 0.29) is 18.3 Å². The molecular formula is C9H17NO3. The van der Waals surface area contributed by atoms with Crippen LogP contribution >= 0.6 is 0 Å². The average molecular weight is 187 g/mol. The first-order chi connectivity index (χ1) is 6.13. The zero-order valence-corrected chi connectivity index (χ0v) is 8.45. The molecule has 0 saturated carbocycles. The molecule has 0 N–H and O–H groups in total. The standard InChI is InChI=1S/C9H17NO3/c1-4-12-9(11)10-5-7(2)13-8(3)6-10/h7-8H,4-6H2,1-3H3/t7-,8+. The van der Waals surface area contributed by atoms with Crippen molar-refractivity contribution in [2.75, 3.05) is 19.7 Å². The van der Waals surface area contributed by atoms with Gasteiger partial charge < -0.3 is 14.4 Å². The molecule has 0 aromatic heterocycles. The molecule has 2 atom stereocenters. The van der Waals surface area contributed by atoms with E-state index in [1.165, 1.54) is 0 Å². The second-order valence-electron chi connectivity index (χ2n) is 3.36. The summed E-state index contributed by atoms with van der Waals surface area (Å²) >= 11 is 0. The van der Waals surface area contributed by atoms with Crippen molar-refractivity contribution in [1.82, 2.24) is 4.90 Å². The van der Waals surface area contributed by atoms with E-state index in [9.17, 15) is 4.79 Å². The maximum atomic E-state index is 11.3. The van der Waals surface area contributed by atoms with Gasteiger partial charge in [-0.15, -0.1) is 0 Å². The average Bonchev–Trinajstić information content (AvgIpc) is 2.03. The molecule has 1 rings (SSSR count). The van der Waals surface area contributed by atoms with Crippen LogP contribution in [0, 0.1) is 0 Å². The summed E-state index contributed by atoms with van der Waals surface area (Å²) < 4.78 is 10.4. The number of nitrogens with zero attached hydrogens (tertiary/aromatic N) is 1. The number of rotatable bonds is 1. The molecule has 1 heterocycles. The Morgan fingerprint density at radius 3 is 2.46 bits per heavy atom. The van der Waals surface area contributed by atoms with Crippen LogP contribution in [0.15, 0.2) is 0 Å². The van der Waals surface area contributed by atoms with Gasteiger partial charge in [-0.05, 0) is 20.8 Å². The summed E-state index contributed by atoms with van der Waals surface area (Å²) in [5, 5.41) is 0. The van der Waals surface area contributed by atoms with Gasteiger partial charge in [0.2, 0.25) is 0 Å². The van der Waals surface area contributed by atoms with E-state index in [1.54, 1.807) is 4.90 Å². The summed E-state index contributed by atoms with van der Waals surface area (Å²) in [6.45, 7) is 7.42. The van der Waals surface area contributed by atoms with Crippen LogP contribution in [0.5, 0.6) is 0 Å². The Bertz CT molecular complexity index is 174. The molecule has 0 radical (unpaired) electrons. The van der Waals surface area contributed by atoms with Crippen LogP contribution in [0.3, 0.4) is 0 Å². The van der Waals surface area contributed by atoms with E-state index in [0.29, 0.717) is 19.7 Å². The SMILES string of the molecule is CCOC(=O)N1C[C@@H](C)O[C@@H](C)C1. The highest BCUT2D eigenvalue weighted by molar-refractivity contribution is 5.67. The number of hydrogen-bond donors (Lipinski definition) is 0. The van der Waals surface area contributed by atoms with Crippen LogP contribution in [0.4, 0.5) is 4.79 Å². The van der Waals surface area contributed by atoms with Crippen LogP contribution in [0.2, 0.25) is 0 Å². The molecule has 0 unspecified atom stereocenters. The molecular weight excluding hydrogens is 170 g/mol. The van der Waals surface area contributed by atoms with E-state index in [1.807, 2.05) is 20.8 Å². The molecule has 1 aliphatic rings. The van der Waals surface area contributed by atoms with E-state index >= 15 is 0 Å². The highest BCUT2D eigenvalue weighted by Crippen LogP contribution is 2.11. The fourth-order valence-electron chi connectivity index (χ4n) is 1.54. The summed E-state index contributed by atoms with van der Waals surface area (Å²) in [4.78, 5) is 13.0. The fourth-order valence-corrected chi connectivity index (χ4v) is 1.54. The molecule has 0 aromatic rings. The normalized spacial score (nSPS) is 28.7. The molecule has 76 valence electrons. The van der Waals surface area contributed by atoms with Gasteiger partial charge in [0.1, 0.15) is 0 Å². The summed E-state index contributed by atoms with van der Waals surface area (Å²) in [6.07, 6.45) is -0.0224. The minimum absolute atomic E-state index is 0.105. The zero-order chi connectivity index (χ0) is 9.84. The van der Waals surface area contributed by atoms with Gasteiger partial charge in [-0.1, -0.05) is 0 Å². The van der Waals surface area contributed by atoms with Crippen molar-refractivity contribution in [3.05, 3.63) is 0 Å². The van der Waals surface area contributed by atoms with Crippen molar-refractivity contribution in [3.8, 4) is 0 Å². The summed E-state index contributed by atoms with van der Waals surface area (Å²) in [5.74, 6) is 0. The van der Waals surface area contributed by atoms with Gasteiger partial charge in [-0.25, -0.2) is 4.79 Å². The van der Waals surface area contributed by atoms with E-state index in [0.717, 1.165) is 0 Å².